The van der Waals surface area contributed by atoms with Crippen LogP contribution in [0.25, 0.3) is 10.9 Å². The van der Waals surface area contributed by atoms with E-state index in [4.69, 9.17) is 5.73 Å². The average Bonchev–Trinajstić information content (AvgIpc) is 3.48. The largest absolute Gasteiger partial charge is 0.419 e. The van der Waals surface area contributed by atoms with E-state index in [1.54, 1.807) is 24.1 Å². The summed E-state index contributed by atoms with van der Waals surface area (Å²) in [5, 5.41) is 1.03. The third-order valence-corrected chi connectivity index (χ3v) is 7.29. The maximum absolute atomic E-state index is 12.9. The fraction of sp³-hybridized carbons (Fsp3) is 0.440. The predicted molar refractivity (Wildman–Crippen MR) is 131 cm³/mol. The number of carbonyl (C=O) groups excluding carboxylic acids is 2. The number of nitrogens with zero attached hydrogens (tertiary/aromatic N) is 6. The first-order valence-electron chi connectivity index (χ1n) is 12.1. The van der Waals surface area contributed by atoms with Gasteiger partial charge in [-0.25, -0.2) is 9.97 Å². The maximum atomic E-state index is 12.9. The second kappa shape index (κ2) is 9.66. The van der Waals surface area contributed by atoms with Crippen molar-refractivity contribution < 1.29 is 22.8 Å². The molecule has 2 atom stereocenters. The molecular formula is C25H28F3N7O2. The van der Waals surface area contributed by atoms with E-state index >= 15 is 0 Å². The number of piperidine rings is 1. The summed E-state index contributed by atoms with van der Waals surface area (Å²) in [6.45, 7) is 2.99. The van der Waals surface area contributed by atoms with E-state index in [-0.39, 0.29) is 23.9 Å². The molecule has 0 radical (unpaired) electrons. The van der Waals surface area contributed by atoms with Crippen molar-refractivity contribution in [3.05, 3.63) is 54.0 Å². The Balaban J connectivity index is 1.11. The molecule has 2 aromatic heterocycles. The van der Waals surface area contributed by atoms with Crippen LogP contribution in [-0.2, 0) is 17.5 Å². The third kappa shape index (κ3) is 5.38. The van der Waals surface area contributed by atoms with Gasteiger partial charge in [-0.1, -0.05) is 6.07 Å². The molecule has 2 amide bonds. The minimum Gasteiger partial charge on any atom is -0.366 e. The summed E-state index contributed by atoms with van der Waals surface area (Å²) in [6, 6.07) is 7.68. The van der Waals surface area contributed by atoms with E-state index < -0.39 is 17.6 Å². The number of fused-ring (bicyclic) bond motifs is 1. The minimum atomic E-state index is -4.46. The van der Waals surface area contributed by atoms with Crippen molar-refractivity contribution in [1.29, 1.82) is 0 Å². The molecule has 196 valence electrons. The number of primary amides is 1. The molecule has 3 aromatic rings. The van der Waals surface area contributed by atoms with Gasteiger partial charge in [-0.15, -0.1) is 0 Å². The van der Waals surface area contributed by atoms with Crippen LogP contribution in [0, 0.1) is 0 Å². The first-order chi connectivity index (χ1) is 17.6. The van der Waals surface area contributed by atoms with Gasteiger partial charge in [-0.3, -0.25) is 14.5 Å². The van der Waals surface area contributed by atoms with Crippen molar-refractivity contribution in [1.82, 2.24) is 24.3 Å². The van der Waals surface area contributed by atoms with Gasteiger partial charge >= 0.3 is 6.18 Å². The number of alkyl halides is 3. The Hall–Kier alpha value is -3.67. The number of carbonyl (C=O) groups is 2. The number of amides is 2. The Morgan fingerprint density at radius 2 is 1.84 bits per heavy atom. The van der Waals surface area contributed by atoms with Crippen LogP contribution < -0.4 is 10.6 Å². The predicted octanol–water partition coefficient (Wildman–Crippen LogP) is 2.36. The quantitative estimate of drug-likeness (QED) is 0.485. The highest BCUT2D eigenvalue weighted by Crippen LogP contribution is 2.29. The lowest BCUT2D eigenvalue weighted by Gasteiger charge is -2.36. The highest BCUT2D eigenvalue weighted by Gasteiger charge is 2.37. The number of benzene rings is 1. The summed E-state index contributed by atoms with van der Waals surface area (Å²) in [7, 11) is 1.81. The van der Waals surface area contributed by atoms with E-state index in [9.17, 15) is 22.8 Å². The summed E-state index contributed by atoms with van der Waals surface area (Å²) in [5.74, 6) is -0.151. The molecule has 4 heterocycles. The van der Waals surface area contributed by atoms with Gasteiger partial charge in [-0.2, -0.15) is 13.2 Å². The Kier molecular flexibility index (Phi) is 6.52. The van der Waals surface area contributed by atoms with Crippen LogP contribution in [-0.4, -0.2) is 81.5 Å². The molecular weight excluding hydrogens is 487 g/mol. The van der Waals surface area contributed by atoms with Crippen molar-refractivity contribution in [3.63, 3.8) is 0 Å². The van der Waals surface area contributed by atoms with Gasteiger partial charge < -0.3 is 20.1 Å². The second-order valence-electron chi connectivity index (χ2n) is 9.68. The van der Waals surface area contributed by atoms with Gasteiger partial charge in [0.05, 0.1) is 12.1 Å². The van der Waals surface area contributed by atoms with Gasteiger partial charge in [0.2, 0.25) is 17.8 Å². The summed E-state index contributed by atoms with van der Waals surface area (Å²) in [5.41, 5.74) is 5.95. The van der Waals surface area contributed by atoms with Crippen LogP contribution >= 0.6 is 0 Å². The number of hydrogen-bond acceptors (Lipinski definition) is 6. The van der Waals surface area contributed by atoms with Crippen LogP contribution in [0.2, 0.25) is 0 Å². The number of halogens is 3. The molecule has 2 N–H and O–H groups in total. The molecule has 9 nitrogen and oxygen atoms in total. The Morgan fingerprint density at radius 1 is 1.14 bits per heavy atom. The van der Waals surface area contributed by atoms with E-state index in [0.29, 0.717) is 44.6 Å². The lowest BCUT2D eigenvalue weighted by atomic mass is 10.0. The van der Waals surface area contributed by atoms with Crippen LogP contribution in [0.3, 0.4) is 0 Å². The molecule has 2 saturated heterocycles. The van der Waals surface area contributed by atoms with Crippen molar-refractivity contribution >= 4 is 28.7 Å². The topological polar surface area (TPSA) is 100 Å². The fourth-order valence-corrected chi connectivity index (χ4v) is 4.89. The number of rotatable bonds is 7. The molecule has 2 unspecified atom stereocenters. The number of anilines is 1. The smallest absolute Gasteiger partial charge is 0.366 e. The SMILES string of the molecule is CN(C(=O)CN1CC1Cn1ccc2ccc(C(N)=O)cc21)C1CCN(c2ncc(C(F)(F)F)cn2)CC1. The standard InChI is InChI=1S/C25H28F3N7O2/c1-32(19-5-8-33(9-6-19)24-30-11-18(12-31-24)25(26,27)28)22(36)15-35-14-20(35)13-34-7-4-16-2-3-17(23(29)37)10-21(16)34/h2-4,7,10-12,19-20H,5-6,8-9,13-15H2,1H3,(H2,29,37). The van der Waals surface area contributed by atoms with Gasteiger partial charge in [0.15, 0.2) is 0 Å². The third-order valence-electron chi connectivity index (χ3n) is 7.29. The van der Waals surface area contributed by atoms with Crippen molar-refractivity contribution in [2.45, 2.75) is 37.6 Å². The van der Waals surface area contributed by atoms with E-state index in [1.165, 1.54) is 0 Å². The van der Waals surface area contributed by atoms with Crippen molar-refractivity contribution in [2.24, 2.45) is 5.73 Å². The normalized spacial score (nSPS) is 20.3. The highest BCUT2D eigenvalue weighted by atomic mass is 19.4. The molecule has 0 aliphatic carbocycles. The zero-order chi connectivity index (χ0) is 26.3. The highest BCUT2D eigenvalue weighted by molar-refractivity contribution is 5.97. The molecule has 0 bridgehead atoms. The number of aromatic nitrogens is 3. The first kappa shape index (κ1) is 25.0. The summed E-state index contributed by atoms with van der Waals surface area (Å²) in [6.07, 6.45) is 0.500. The molecule has 2 aliphatic rings. The lowest BCUT2D eigenvalue weighted by molar-refractivity contribution is -0.138. The zero-order valence-corrected chi connectivity index (χ0v) is 20.4. The molecule has 5 rings (SSSR count). The Morgan fingerprint density at radius 3 is 2.49 bits per heavy atom. The van der Waals surface area contributed by atoms with Crippen molar-refractivity contribution in [2.75, 3.05) is 38.1 Å². The number of likely N-dealkylation sites (N-methyl/N-ethyl adjacent to an activating group) is 1. The second-order valence-corrected chi connectivity index (χ2v) is 9.68. The molecule has 0 saturated carbocycles. The zero-order valence-electron chi connectivity index (χ0n) is 20.4. The maximum Gasteiger partial charge on any atom is 0.419 e. The summed E-state index contributed by atoms with van der Waals surface area (Å²) in [4.78, 5) is 38.0. The van der Waals surface area contributed by atoms with Gasteiger partial charge in [0.1, 0.15) is 0 Å². The van der Waals surface area contributed by atoms with Crippen LogP contribution in [0.5, 0.6) is 0 Å². The molecule has 0 spiro atoms. The van der Waals surface area contributed by atoms with Gasteiger partial charge in [0.25, 0.3) is 0 Å². The monoisotopic (exact) mass is 515 g/mol. The molecule has 2 aliphatic heterocycles. The van der Waals surface area contributed by atoms with Crippen molar-refractivity contribution in [3.8, 4) is 0 Å². The van der Waals surface area contributed by atoms with E-state index in [1.807, 2.05) is 23.2 Å². The van der Waals surface area contributed by atoms with Crippen LogP contribution in [0.4, 0.5) is 19.1 Å². The Bertz CT molecular complexity index is 1300. The summed E-state index contributed by atoms with van der Waals surface area (Å²) < 4.78 is 40.3. The molecule has 37 heavy (non-hydrogen) atoms. The summed E-state index contributed by atoms with van der Waals surface area (Å²) >= 11 is 0. The number of hydrogen-bond donors (Lipinski definition) is 1. The van der Waals surface area contributed by atoms with E-state index in [2.05, 4.69) is 19.4 Å². The molecule has 12 heteroatoms. The van der Waals surface area contributed by atoms with Crippen LogP contribution in [0.15, 0.2) is 42.9 Å². The number of nitrogens with two attached hydrogens (primary N) is 1. The average molecular weight is 516 g/mol. The minimum absolute atomic E-state index is 0.0418. The first-order valence-corrected chi connectivity index (χ1v) is 12.1. The molecule has 2 fully saturated rings. The van der Waals surface area contributed by atoms with Gasteiger partial charge in [-0.05, 0) is 36.4 Å². The van der Waals surface area contributed by atoms with Crippen LogP contribution in [0.1, 0.15) is 28.8 Å². The van der Waals surface area contributed by atoms with E-state index in [0.717, 1.165) is 29.8 Å². The lowest BCUT2D eigenvalue weighted by Crippen LogP contribution is -2.47. The Labute approximate surface area is 211 Å². The molecule has 1 aromatic carbocycles. The fourth-order valence-electron chi connectivity index (χ4n) is 4.89. The van der Waals surface area contributed by atoms with Gasteiger partial charge in [0, 0.05) is 75.0 Å².